The molecule has 0 saturated carbocycles. The molecule has 100 heavy (non-hydrogen) atoms. The molecule has 5 atom stereocenters. The smallest absolute Gasteiger partial charge is 0.462 e. The number of hydrogen-bond acceptors (Lipinski definition) is 15. The monoisotopic (exact) mass is 1450 g/mol. The van der Waals surface area contributed by atoms with E-state index >= 15 is 0 Å². The van der Waals surface area contributed by atoms with Crippen molar-refractivity contribution in [1.82, 2.24) is 0 Å². The standard InChI is InChI=1S/C81H146O17P2/c1-5-9-13-17-21-25-29-33-35-36-37-38-40-44-48-52-56-60-64-68-81(86)98-77(72-92-79(84)66-62-58-54-50-46-43-39-34-30-26-22-18-14-10-6-2)74-96-100(89,90)94-70-75(82)69-93-99(87,88)95-73-76(97-80(85)67-63-59-55-51-47-42-32-28-24-20-16-12-8-4)71-91-78(83)65-61-57-53-49-45-41-31-27-23-19-15-11-7-3/h9,13,21,25-26,30,33,35,37-38,44,48,75-77,82H,5-8,10-12,14-20,22-24,27-29,31-32,34,36,39-43,45-47,49-74H2,1-4H3,(H,87,88)(H,89,90)/b13-9-,25-21-,30-26-,35-33-,38-37-,48-44-/t75-,76+,77+/m0/s1. The molecular weight excluding hydrogens is 1310 g/mol. The molecule has 0 heterocycles. The summed E-state index contributed by atoms with van der Waals surface area (Å²) in [5.74, 6) is -2.18. The predicted molar refractivity (Wildman–Crippen MR) is 409 cm³/mol. The van der Waals surface area contributed by atoms with Crippen LogP contribution < -0.4 is 0 Å². The first-order valence-electron chi connectivity index (χ1n) is 40.2. The molecule has 0 aromatic rings. The normalized spacial score (nSPS) is 14.3. The average Bonchev–Trinajstić information content (AvgIpc) is 0.934. The van der Waals surface area contributed by atoms with Crippen molar-refractivity contribution in [3.63, 3.8) is 0 Å². The lowest BCUT2D eigenvalue weighted by Crippen LogP contribution is -2.30. The highest BCUT2D eigenvalue weighted by molar-refractivity contribution is 7.47. The largest absolute Gasteiger partial charge is 0.472 e. The minimum atomic E-state index is -4.98. The molecule has 0 aromatic heterocycles. The van der Waals surface area contributed by atoms with E-state index in [1.165, 1.54) is 148 Å². The molecule has 3 N–H and O–H groups in total. The Morgan fingerprint density at radius 3 is 0.830 bits per heavy atom. The van der Waals surface area contributed by atoms with Crippen LogP contribution in [-0.2, 0) is 65.4 Å². The van der Waals surface area contributed by atoms with Gasteiger partial charge in [0.2, 0.25) is 0 Å². The third-order valence-electron chi connectivity index (χ3n) is 17.2. The van der Waals surface area contributed by atoms with E-state index in [0.29, 0.717) is 25.7 Å². The molecular formula is C81H146O17P2. The second-order valence-corrected chi connectivity index (χ2v) is 29.9. The third-order valence-corrected chi connectivity index (χ3v) is 19.1. The first kappa shape index (κ1) is 96.5. The fourth-order valence-electron chi connectivity index (χ4n) is 11.1. The number of aliphatic hydroxyl groups is 1. The van der Waals surface area contributed by atoms with Gasteiger partial charge in [-0.1, -0.05) is 312 Å². The minimum Gasteiger partial charge on any atom is -0.462 e. The van der Waals surface area contributed by atoms with Crippen molar-refractivity contribution in [2.24, 2.45) is 0 Å². The second kappa shape index (κ2) is 73.8. The van der Waals surface area contributed by atoms with Crippen LogP contribution in [0.4, 0.5) is 0 Å². The molecule has 0 aromatic carbocycles. The van der Waals surface area contributed by atoms with Gasteiger partial charge in [-0.2, -0.15) is 0 Å². The number of esters is 4. The Bertz CT molecular complexity index is 2180. The molecule has 0 radical (unpaired) electrons. The highest BCUT2D eigenvalue weighted by atomic mass is 31.2. The van der Waals surface area contributed by atoms with E-state index in [9.17, 15) is 43.2 Å². The van der Waals surface area contributed by atoms with Gasteiger partial charge in [-0.05, 0) is 96.3 Å². The molecule has 0 bridgehead atoms. The van der Waals surface area contributed by atoms with E-state index in [0.717, 1.165) is 135 Å². The van der Waals surface area contributed by atoms with Gasteiger partial charge < -0.3 is 33.8 Å². The summed E-state index contributed by atoms with van der Waals surface area (Å²) in [4.78, 5) is 73.0. The molecule has 17 nitrogen and oxygen atoms in total. The quantitative estimate of drug-likeness (QED) is 0.0169. The zero-order chi connectivity index (χ0) is 73.2. The van der Waals surface area contributed by atoms with Crippen molar-refractivity contribution in [1.29, 1.82) is 0 Å². The number of carbonyl (C=O) groups is 4. The average molecular weight is 1450 g/mol. The fraction of sp³-hybridized carbons (Fsp3) is 0.802. The molecule has 2 unspecified atom stereocenters. The van der Waals surface area contributed by atoms with Crippen molar-refractivity contribution < 1.29 is 80.2 Å². The second-order valence-electron chi connectivity index (χ2n) is 27.0. The van der Waals surface area contributed by atoms with Crippen molar-refractivity contribution >= 4 is 39.5 Å². The summed E-state index contributed by atoms with van der Waals surface area (Å²) < 4.78 is 68.6. The molecule has 0 amide bonds. The fourth-order valence-corrected chi connectivity index (χ4v) is 12.6. The number of allylic oxidation sites excluding steroid dienone is 12. The Labute approximate surface area is 609 Å². The summed E-state index contributed by atoms with van der Waals surface area (Å²) in [5.41, 5.74) is 0. The molecule has 0 aliphatic heterocycles. The number of hydrogen-bond donors (Lipinski definition) is 3. The van der Waals surface area contributed by atoms with Gasteiger partial charge in [-0.15, -0.1) is 0 Å². The van der Waals surface area contributed by atoms with Crippen molar-refractivity contribution in [2.75, 3.05) is 39.6 Å². The van der Waals surface area contributed by atoms with Gasteiger partial charge in [0, 0.05) is 25.7 Å². The maximum Gasteiger partial charge on any atom is 0.472 e. The van der Waals surface area contributed by atoms with E-state index in [1.54, 1.807) is 0 Å². The lowest BCUT2D eigenvalue weighted by Gasteiger charge is -2.21. The van der Waals surface area contributed by atoms with Crippen molar-refractivity contribution in [3.8, 4) is 0 Å². The van der Waals surface area contributed by atoms with Gasteiger partial charge in [0.1, 0.15) is 19.3 Å². The van der Waals surface area contributed by atoms with Crippen LogP contribution in [-0.4, -0.2) is 96.7 Å². The van der Waals surface area contributed by atoms with Crippen LogP contribution in [0.15, 0.2) is 72.9 Å². The van der Waals surface area contributed by atoms with Gasteiger partial charge in [-0.3, -0.25) is 37.3 Å². The highest BCUT2D eigenvalue weighted by Gasteiger charge is 2.30. The Morgan fingerprint density at radius 2 is 0.520 bits per heavy atom. The molecule has 19 heteroatoms. The van der Waals surface area contributed by atoms with E-state index in [-0.39, 0.29) is 25.7 Å². The number of unbranched alkanes of at least 4 members (excludes halogenated alkanes) is 38. The van der Waals surface area contributed by atoms with Gasteiger partial charge in [-0.25, -0.2) is 9.13 Å². The molecule has 0 rings (SSSR count). The Balaban J connectivity index is 5.36. The third kappa shape index (κ3) is 72.8. The molecule has 0 spiro atoms. The van der Waals surface area contributed by atoms with Crippen molar-refractivity contribution in [2.45, 2.75) is 380 Å². The Kier molecular flexibility index (Phi) is 71.2. The first-order chi connectivity index (χ1) is 48.7. The van der Waals surface area contributed by atoms with E-state index in [2.05, 4.69) is 101 Å². The van der Waals surface area contributed by atoms with E-state index in [4.69, 9.17) is 37.0 Å². The SMILES string of the molecule is CC/C=C\C/C=C\C/C=C\C/C=C\C/C=C\CCCCCC(=O)O[C@H](COC(=O)CCCCCCCCC/C=C\CCCCCC)COP(=O)(O)OC[C@@H](O)COP(=O)(O)OC[C@@H](COC(=O)CCCCCCCCCCCCCCC)OC(=O)CCCCCCCCCCCCCCC. The van der Waals surface area contributed by atoms with Crippen LogP contribution in [0, 0.1) is 0 Å². The lowest BCUT2D eigenvalue weighted by atomic mass is 10.0. The number of carbonyl (C=O) groups excluding carboxylic acids is 4. The maximum atomic E-state index is 13.1. The number of aliphatic hydroxyl groups excluding tert-OH is 1. The topological polar surface area (TPSA) is 237 Å². The van der Waals surface area contributed by atoms with E-state index in [1.807, 2.05) is 0 Å². The predicted octanol–water partition coefficient (Wildman–Crippen LogP) is 23.2. The number of phosphoric acid groups is 2. The van der Waals surface area contributed by atoms with Gasteiger partial charge >= 0.3 is 39.5 Å². The Hall–Kier alpha value is -3.50. The first-order valence-corrected chi connectivity index (χ1v) is 43.2. The lowest BCUT2D eigenvalue weighted by molar-refractivity contribution is -0.161. The number of phosphoric ester groups is 2. The summed E-state index contributed by atoms with van der Waals surface area (Å²) in [6.07, 6.45) is 74.5. The minimum absolute atomic E-state index is 0.0577. The molecule has 582 valence electrons. The summed E-state index contributed by atoms with van der Waals surface area (Å²) >= 11 is 0. The van der Waals surface area contributed by atoms with E-state index < -0.39 is 97.5 Å². The van der Waals surface area contributed by atoms with Crippen LogP contribution in [0.2, 0.25) is 0 Å². The number of ether oxygens (including phenoxy) is 4. The van der Waals surface area contributed by atoms with Crippen molar-refractivity contribution in [3.05, 3.63) is 72.9 Å². The van der Waals surface area contributed by atoms with Crippen LogP contribution in [0.1, 0.15) is 362 Å². The molecule has 0 aliphatic carbocycles. The van der Waals surface area contributed by atoms with Crippen LogP contribution in [0.25, 0.3) is 0 Å². The summed E-state index contributed by atoms with van der Waals surface area (Å²) in [7, 11) is -9.95. The zero-order valence-electron chi connectivity index (χ0n) is 63.6. The molecule has 0 saturated heterocycles. The van der Waals surface area contributed by atoms with Crippen LogP contribution in [0.5, 0.6) is 0 Å². The van der Waals surface area contributed by atoms with Crippen LogP contribution in [0.3, 0.4) is 0 Å². The van der Waals surface area contributed by atoms with Gasteiger partial charge in [0.25, 0.3) is 0 Å². The molecule has 0 fully saturated rings. The Morgan fingerprint density at radius 1 is 0.290 bits per heavy atom. The molecule has 0 aliphatic rings. The van der Waals surface area contributed by atoms with Gasteiger partial charge in [0.15, 0.2) is 12.2 Å². The summed E-state index contributed by atoms with van der Waals surface area (Å²) in [6, 6.07) is 0. The summed E-state index contributed by atoms with van der Waals surface area (Å²) in [6.45, 7) is 4.77. The number of rotatable bonds is 76. The zero-order valence-corrected chi connectivity index (χ0v) is 65.4. The van der Waals surface area contributed by atoms with Crippen LogP contribution >= 0.6 is 15.6 Å². The highest BCUT2D eigenvalue weighted by Crippen LogP contribution is 2.45. The summed E-state index contributed by atoms with van der Waals surface area (Å²) in [5, 5.41) is 10.6. The van der Waals surface area contributed by atoms with Gasteiger partial charge in [0.05, 0.1) is 26.4 Å². The maximum absolute atomic E-state index is 13.1.